The van der Waals surface area contributed by atoms with Crippen LogP contribution in [-0.4, -0.2) is 117 Å². The van der Waals surface area contributed by atoms with E-state index in [1.54, 1.807) is 53.3 Å². The second kappa shape index (κ2) is 13.9. The molecule has 0 aromatic heterocycles. The van der Waals surface area contributed by atoms with Gasteiger partial charge in [-0.3, -0.25) is 14.0 Å². The van der Waals surface area contributed by atoms with E-state index in [2.05, 4.69) is 4.74 Å². The fourth-order valence-corrected chi connectivity index (χ4v) is 5.16. The van der Waals surface area contributed by atoms with Gasteiger partial charge in [-0.1, -0.05) is 0 Å². The molecule has 0 N–H and O–H groups in total. The Labute approximate surface area is 235 Å². The number of methoxy groups -OCH3 is 2. The number of nitrogens with zero attached hydrogens (tertiary/aromatic N) is 2. The Morgan fingerprint density at radius 2 is 1.18 bits per heavy atom. The van der Waals surface area contributed by atoms with Crippen LogP contribution in [0.5, 0.6) is 0 Å². The normalized spacial score (nSPS) is 23.4. The standard InChI is InChI=1S/C12H21NO7S.C12H21NO4S/c1-12(2,3)19-11(15)13-7-8(20-21(5,16)17)6-9(13)10(14)18-4;1-12(2,3)17-11(15)13-7-8(18-5)6-9(13)10(14)16-4/h8-9H,6-7H2,1-5H3;8-9H,6-7H2,1-5H3/t8-,9+;8-,9-/m10/s1. The summed E-state index contributed by atoms with van der Waals surface area (Å²) in [7, 11) is -1.15. The predicted molar refractivity (Wildman–Crippen MR) is 144 cm³/mol. The zero-order chi connectivity index (χ0) is 30.3. The molecule has 2 rings (SSSR count). The SMILES string of the molecule is COC(=O)[C@@H]1C[C@@H](OS(C)(=O)=O)CN1C(=O)OC(C)(C)C.COC(=O)[C@@H]1C[C@H](SC)CN1C(=O)OC(C)(C)C. The van der Waals surface area contributed by atoms with Crippen molar-refractivity contribution in [3.63, 3.8) is 0 Å². The van der Waals surface area contributed by atoms with Crippen LogP contribution in [0.1, 0.15) is 54.4 Å². The van der Waals surface area contributed by atoms with Crippen LogP contribution in [0.25, 0.3) is 0 Å². The van der Waals surface area contributed by atoms with Gasteiger partial charge in [0.25, 0.3) is 10.1 Å². The Morgan fingerprint density at radius 3 is 1.54 bits per heavy atom. The van der Waals surface area contributed by atoms with Crippen molar-refractivity contribution in [2.24, 2.45) is 0 Å². The lowest BCUT2D eigenvalue weighted by Gasteiger charge is -2.27. The van der Waals surface area contributed by atoms with E-state index in [0.717, 1.165) is 11.2 Å². The van der Waals surface area contributed by atoms with Crippen LogP contribution in [-0.2, 0) is 42.8 Å². The Morgan fingerprint density at radius 1 is 0.769 bits per heavy atom. The minimum Gasteiger partial charge on any atom is -0.467 e. The van der Waals surface area contributed by atoms with E-state index < -0.39 is 57.7 Å². The third-order valence-electron chi connectivity index (χ3n) is 5.37. The van der Waals surface area contributed by atoms with Crippen molar-refractivity contribution in [3.05, 3.63) is 0 Å². The second-order valence-corrected chi connectivity index (χ2v) is 13.8. The van der Waals surface area contributed by atoms with Crippen LogP contribution in [0.3, 0.4) is 0 Å². The Hall–Kier alpha value is -2.26. The van der Waals surface area contributed by atoms with Crippen LogP contribution in [0.2, 0.25) is 0 Å². The molecule has 2 amide bonds. The third-order valence-corrected chi connectivity index (χ3v) is 7.00. The number of hydrogen-bond acceptors (Lipinski definition) is 12. The van der Waals surface area contributed by atoms with Gasteiger partial charge >= 0.3 is 24.1 Å². The Bertz CT molecular complexity index is 989. The monoisotopic (exact) mass is 598 g/mol. The molecule has 39 heavy (non-hydrogen) atoms. The van der Waals surface area contributed by atoms with Crippen molar-refractivity contribution < 1.29 is 50.7 Å². The molecule has 0 spiro atoms. The summed E-state index contributed by atoms with van der Waals surface area (Å²) in [5, 5.41) is 0.251. The molecule has 13 nitrogen and oxygen atoms in total. The maximum Gasteiger partial charge on any atom is 0.411 e. The highest BCUT2D eigenvalue weighted by Gasteiger charge is 2.44. The molecule has 0 unspecified atom stereocenters. The molecular formula is C24H42N2O11S2. The quantitative estimate of drug-likeness (QED) is 0.259. The van der Waals surface area contributed by atoms with E-state index in [1.807, 2.05) is 6.26 Å². The zero-order valence-electron chi connectivity index (χ0n) is 24.3. The molecule has 2 aliphatic rings. The number of likely N-dealkylation sites (tertiary alicyclic amines) is 2. The van der Waals surface area contributed by atoms with E-state index in [9.17, 15) is 27.6 Å². The predicted octanol–water partition coefficient (Wildman–Crippen LogP) is 2.41. The van der Waals surface area contributed by atoms with Gasteiger partial charge in [-0.2, -0.15) is 20.2 Å². The number of hydrogen-bond donors (Lipinski definition) is 0. The topological polar surface area (TPSA) is 155 Å². The highest BCUT2D eigenvalue weighted by molar-refractivity contribution is 7.99. The molecule has 4 atom stereocenters. The minimum atomic E-state index is -3.68. The van der Waals surface area contributed by atoms with Gasteiger partial charge in [0.2, 0.25) is 0 Å². The lowest BCUT2D eigenvalue weighted by Crippen LogP contribution is -2.44. The number of ether oxygens (including phenoxy) is 4. The average Bonchev–Trinajstić information content (AvgIpc) is 3.39. The fourth-order valence-electron chi connectivity index (χ4n) is 3.85. The van der Waals surface area contributed by atoms with E-state index in [0.29, 0.717) is 13.0 Å². The summed E-state index contributed by atoms with van der Waals surface area (Å²) in [6, 6.07) is -1.45. The van der Waals surface area contributed by atoms with Crippen molar-refractivity contribution in [1.29, 1.82) is 0 Å². The molecule has 0 saturated carbocycles. The summed E-state index contributed by atoms with van der Waals surface area (Å²) in [6.07, 6.45) is 1.59. The van der Waals surface area contributed by atoms with Gasteiger partial charge in [-0.25, -0.2) is 19.2 Å². The molecule has 0 bridgehead atoms. The van der Waals surface area contributed by atoms with Gasteiger partial charge < -0.3 is 18.9 Å². The van der Waals surface area contributed by atoms with Crippen molar-refractivity contribution in [2.75, 3.05) is 39.8 Å². The summed E-state index contributed by atoms with van der Waals surface area (Å²) in [4.78, 5) is 50.1. The van der Waals surface area contributed by atoms with Crippen LogP contribution in [0.15, 0.2) is 0 Å². The lowest BCUT2D eigenvalue weighted by atomic mass is 10.2. The first-order valence-corrected chi connectivity index (χ1v) is 15.4. The minimum absolute atomic E-state index is 0.0407. The van der Waals surface area contributed by atoms with Crippen LogP contribution in [0, 0.1) is 0 Å². The summed E-state index contributed by atoms with van der Waals surface area (Å²) in [5.74, 6) is -1.02. The molecule has 15 heteroatoms. The maximum atomic E-state index is 12.1. The molecular weight excluding hydrogens is 556 g/mol. The summed E-state index contributed by atoms with van der Waals surface area (Å²) in [6.45, 7) is 11.0. The lowest BCUT2D eigenvalue weighted by molar-refractivity contribution is -0.146. The molecule has 0 aliphatic carbocycles. The number of amides is 2. The molecule has 2 fully saturated rings. The summed E-state index contributed by atoms with van der Waals surface area (Å²) < 4.78 is 47.1. The highest BCUT2D eigenvalue weighted by atomic mass is 32.2. The smallest absolute Gasteiger partial charge is 0.411 e. The average molecular weight is 599 g/mol. The fraction of sp³-hybridized carbons (Fsp3) is 0.833. The van der Waals surface area contributed by atoms with Gasteiger partial charge in [-0.15, -0.1) is 0 Å². The second-order valence-electron chi connectivity index (χ2n) is 11.1. The molecule has 0 radical (unpaired) electrons. The third kappa shape index (κ3) is 11.8. The number of rotatable bonds is 5. The number of esters is 2. The van der Waals surface area contributed by atoms with Gasteiger partial charge in [0, 0.05) is 18.2 Å². The number of thioether (sulfide) groups is 1. The Balaban J connectivity index is 0.000000395. The van der Waals surface area contributed by atoms with E-state index in [4.69, 9.17) is 18.4 Å². The molecule has 226 valence electrons. The van der Waals surface area contributed by atoms with Gasteiger partial charge in [0.15, 0.2) is 0 Å². The van der Waals surface area contributed by atoms with E-state index in [1.165, 1.54) is 19.1 Å². The van der Waals surface area contributed by atoms with Crippen molar-refractivity contribution in [2.45, 2.75) is 89.0 Å². The zero-order valence-corrected chi connectivity index (χ0v) is 26.0. The molecule has 0 aromatic carbocycles. The largest absolute Gasteiger partial charge is 0.467 e. The Kier molecular flexibility index (Phi) is 12.4. The van der Waals surface area contributed by atoms with Crippen molar-refractivity contribution in [3.8, 4) is 0 Å². The number of carbonyl (C=O) groups excluding carboxylic acids is 4. The van der Waals surface area contributed by atoms with Gasteiger partial charge in [-0.05, 0) is 54.2 Å². The van der Waals surface area contributed by atoms with Crippen molar-refractivity contribution in [1.82, 2.24) is 9.80 Å². The summed E-state index contributed by atoms with van der Waals surface area (Å²) in [5.41, 5.74) is -1.29. The van der Waals surface area contributed by atoms with Gasteiger partial charge in [0.1, 0.15) is 23.3 Å². The first-order chi connectivity index (χ1) is 17.7. The first-order valence-electron chi connectivity index (χ1n) is 12.3. The molecule has 0 aromatic rings. The molecule has 2 saturated heterocycles. The maximum absolute atomic E-state index is 12.1. The highest BCUT2D eigenvalue weighted by Crippen LogP contribution is 2.28. The van der Waals surface area contributed by atoms with Crippen LogP contribution < -0.4 is 0 Å². The van der Waals surface area contributed by atoms with Crippen LogP contribution >= 0.6 is 11.8 Å². The van der Waals surface area contributed by atoms with Crippen LogP contribution in [0.4, 0.5) is 9.59 Å². The first kappa shape index (κ1) is 34.8. The van der Waals surface area contributed by atoms with E-state index >= 15 is 0 Å². The molecule has 2 aliphatic heterocycles. The van der Waals surface area contributed by atoms with Crippen molar-refractivity contribution >= 4 is 46.0 Å². The summed E-state index contributed by atoms with van der Waals surface area (Å²) >= 11 is 1.65. The molecule has 2 heterocycles. The number of carbonyl (C=O) groups is 4. The van der Waals surface area contributed by atoms with E-state index in [-0.39, 0.29) is 24.2 Å². The van der Waals surface area contributed by atoms with Gasteiger partial charge in [0.05, 0.1) is 33.1 Å².